The van der Waals surface area contributed by atoms with Crippen LogP contribution in [-0.4, -0.2) is 47.0 Å². The number of nitrogens with zero attached hydrogens (tertiary/aromatic N) is 3. The Hall–Kier alpha value is -3.32. The molecular weight excluding hydrogens is 383 g/mol. The third-order valence-electron chi connectivity index (χ3n) is 5.06. The molecule has 0 unspecified atom stereocenters. The van der Waals surface area contributed by atoms with Crippen LogP contribution in [0.3, 0.4) is 0 Å². The lowest BCUT2D eigenvalue weighted by Crippen LogP contribution is -2.38. The zero-order valence-corrected chi connectivity index (χ0v) is 17.5. The number of carbonyl (C=O) groups is 2. The molecule has 3 aromatic rings. The summed E-state index contributed by atoms with van der Waals surface area (Å²) >= 11 is 0. The van der Waals surface area contributed by atoms with E-state index < -0.39 is 11.7 Å². The molecule has 1 N–H and O–H groups in total. The summed E-state index contributed by atoms with van der Waals surface area (Å²) in [6.07, 6.45) is 0. The average molecular weight is 408 g/mol. The van der Waals surface area contributed by atoms with Gasteiger partial charge in [0.15, 0.2) is 0 Å². The van der Waals surface area contributed by atoms with E-state index in [-0.39, 0.29) is 18.4 Å². The van der Waals surface area contributed by atoms with Crippen molar-refractivity contribution in [1.29, 1.82) is 0 Å². The lowest BCUT2D eigenvalue weighted by Gasteiger charge is -2.25. The Morgan fingerprint density at radius 3 is 2.30 bits per heavy atom. The second-order valence-electron chi connectivity index (χ2n) is 7.36. The second-order valence-corrected chi connectivity index (χ2v) is 7.36. The summed E-state index contributed by atoms with van der Waals surface area (Å²) in [6.45, 7) is 3.71. The Labute approximate surface area is 175 Å². The molecule has 7 heteroatoms. The number of rotatable bonds is 7. The molecule has 0 aliphatic rings. The number of benzene rings is 2. The molecule has 0 radical (unpaired) electrons. The van der Waals surface area contributed by atoms with Gasteiger partial charge in [-0.1, -0.05) is 30.3 Å². The van der Waals surface area contributed by atoms with E-state index in [0.717, 1.165) is 11.3 Å². The first-order chi connectivity index (χ1) is 14.3. The highest BCUT2D eigenvalue weighted by molar-refractivity contribution is 6.43. The molecular formula is C23H25FN4O2. The van der Waals surface area contributed by atoms with Gasteiger partial charge in [0.05, 0.1) is 28.7 Å². The smallest absolute Gasteiger partial charge is 0.292 e. The lowest BCUT2D eigenvalue weighted by molar-refractivity contribution is -0.117. The number of Topliss-reactive ketones (excluding diaryl/α,β-unsaturated/α-hetero) is 1. The van der Waals surface area contributed by atoms with E-state index in [1.54, 1.807) is 30.7 Å². The molecule has 0 fully saturated rings. The molecule has 0 saturated heterocycles. The molecule has 1 heterocycles. The molecule has 1 aromatic heterocycles. The van der Waals surface area contributed by atoms with Gasteiger partial charge in [-0.2, -0.15) is 5.10 Å². The van der Waals surface area contributed by atoms with E-state index in [9.17, 15) is 14.0 Å². The number of amides is 1. The first kappa shape index (κ1) is 21.4. The molecule has 3 rings (SSSR count). The van der Waals surface area contributed by atoms with E-state index in [2.05, 4.69) is 10.4 Å². The van der Waals surface area contributed by atoms with Gasteiger partial charge >= 0.3 is 0 Å². The van der Waals surface area contributed by atoms with E-state index in [0.29, 0.717) is 17.0 Å². The fraction of sp³-hybridized carbons (Fsp3) is 0.261. The molecule has 6 nitrogen and oxygen atoms in total. The molecule has 0 spiro atoms. The SMILES string of the molecule is Cc1nn(-c2ccccc2)c(C)c1C(=O)C(=O)NC[C@@H](c1ccc(F)cc1)N(C)C. The number of hydrogen-bond acceptors (Lipinski definition) is 4. The number of carbonyl (C=O) groups excluding carboxylic acids is 2. The number of aryl methyl sites for hydroxylation is 1. The number of likely N-dealkylation sites (N-methyl/N-ethyl adjacent to an activating group) is 1. The number of hydrogen-bond donors (Lipinski definition) is 1. The maximum Gasteiger partial charge on any atom is 0.292 e. The number of para-hydroxylation sites is 1. The van der Waals surface area contributed by atoms with Crippen molar-refractivity contribution in [2.24, 2.45) is 0 Å². The normalized spacial score (nSPS) is 12.1. The highest BCUT2D eigenvalue weighted by Gasteiger charge is 2.26. The van der Waals surface area contributed by atoms with Gasteiger partial charge in [-0.3, -0.25) is 9.59 Å². The van der Waals surface area contributed by atoms with Crippen LogP contribution in [0.15, 0.2) is 54.6 Å². The molecule has 1 atom stereocenters. The van der Waals surface area contributed by atoms with E-state index in [4.69, 9.17) is 0 Å². The molecule has 2 aromatic carbocycles. The Morgan fingerprint density at radius 1 is 1.07 bits per heavy atom. The van der Waals surface area contributed by atoms with Gasteiger partial charge < -0.3 is 10.2 Å². The predicted octanol–water partition coefficient (Wildman–Crippen LogP) is 3.23. The van der Waals surface area contributed by atoms with Gasteiger partial charge in [0.2, 0.25) is 0 Å². The molecule has 30 heavy (non-hydrogen) atoms. The fourth-order valence-electron chi connectivity index (χ4n) is 3.46. The van der Waals surface area contributed by atoms with Gasteiger partial charge in [-0.25, -0.2) is 9.07 Å². The quantitative estimate of drug-likeness (QED) is 0.482. The number of aromatic nitrogens is 2. The van der Waals surface area contributed by atoms with Crippen LogP contribution in [0.5, 0.6) is 0 Å². The van der Waals surface area contributed by atoms with Crippen LogP contribution >= 0.6 is 0 Å². The minimum Gasteiger partial charge on any atom is -0.347 e. The van der Waals surface area contributed by atoms with Gasteiger partial charge in [0.25, 0.3) is 11.7 Å². The van der Waals surface area contributed by atoms with Crippen LogP contribution in [0, 0.1) is 19.7 Å². The maximum absolute atomic E-state index is 13.2. The van der Waals surface area contributed by atoms with Gasteiger partial charge in [-0.15, -0.1) is 0 Å². The van der Waals surface area contributed by atoms with Crippen LogP contribution < -0.4 is 5.32 Å². The summed E-state index contributed by atoms with van der Waals surface area (Å²) in [4.78, 5) is 27.4. The Balaban J connectivity index is 1.77. The summed E-state index contributed by atoms with van der Waals surface area (Å²) in [6, 6.07) is 15.4. The Morgan fingerprint density at radius 2 is 1.70 bits per heavy atom. The number of halogens is 1. The maximum atomic E-state index is 13.2. The average Bonchev–Trinajstić information content (AvgIpc) is 3.03. The zero-order chi connectivity index (χ0) is 21.8. The second kappa shape index (κ2) is 9.00. The van der Waals surface area contributed by atoms with Crippen molar-refractivity contribution in [3.8, 4) is 5.69 Å². The summed E-state index contributed by atoms with van der Waals surface area (Å²) in [5, 5.41) is 7.15. The molecule has 0 saturated carbocycles. The third-order valence-corrected chi connectivity index (χ3v) is 5.06. The van der Waals surface area contributed by atoms with Crippen LogP contribution in [-0.2, 0) is 4.79 Å². The molecule has 0 aliphatic heterocycles. The minimum absolute atomic E-state index is 0.198. The highest BCUT2D eigenvalue weighted by atomic mass is 19.1. The Bertz CT molecular complexity index is 1040. The van der Waals surface area contributed by atoms with Crippen LogP contribution in [0.1, 0.15) is 33.4 Å². The van der Waals surface area contributed by atoms with E-state index in [1.165, 1.54) is 12.1 Å². The zero-order valence-electron chi connectivity index (χ0n) is 17.5. The first-order valence-electron chi connectivity index (χ1n) is 9.65. The topological polar surface area (TPSA) is 67.2 Å². The monoisotopic (exact) mass is 408 g/mol. The van der Waals surface area contributed by atoms with E-state index >= 15 is 0 Å². The summed E-state index contributed by atoms with van der Waals surface area (Å²) in [7, 11) is 3.72. The van der Waals surface area contributed by atoms with Crippen LogP contribution in [0.2, 0.25) is 0 Å². The summed E-state index contributed by atoms with van der Waals surface area (Å²) < 4.78 is 14.9. The molecule has 1 amide bonds. The Kier molecular flexibility index (Phi) is 6.42. The largest absolute Gasteiger partial charge is 0.347 e. The van der Waals surface area contributed by atoms with Crippen molar-refractivity contribution >= 4 is 11.7 Å². The van der Waals surface area contributed by atoms with Crippen molar-refractivity contribution in [3.63, 3.8) is 0 Å². The van der Waals surface area contributed by atoms with Crippen molar-refractivity contribution in [2.45, 2.75) is 19.9 Å². The van der Waals surface area contributed by atoms with Crippen molar-refractivity contribution in [2.75, 3.05) is 20.6 Å². The minimum atomic E-state index is -0.692. The standard InChI is InChI=1S/C23H25FN4O2/c1-15-21(16(2)28(26-15)19-8-6-5-7-9-19)22(29)23(30)25-14-20(27(3)4)17-10-12-18(24)13-11-17/h5-13,20H,14H2,1-4H3,(H,25,30)/t20-/m0/s1. The first-order valence-corrected chi connectivity index (χ1v) is 9.65. The van der Waals surface area contributed by atoms with Crippen LogP contribution in [0.25, 0.3) is 5.69 Å². The summed E-state index contributed by atoms with van der Waals surface area (Å²) in [5.41, 5.74) is 3.08. The van der Waals surface area contributed by atoms with Crippen LogP contribution in [0.4, 0.5) is 4.39 Å². The lowest BCUT2D eigenvalue weighted by atomic mass is 10.0. The van der Waals surface area contributed by atoms with E-state index in [1.807, 2.05) is 49.3 Å². The third kappa shape index (κ3) is 4.46. The van der Waals surface area contributed by atoms with Crippen molar-refractivity contribution in [3.05, 3.63) is 82.9 Å². The summed E-state index contributed by atoms with van der Waals surface area (Å²) in [5.74, 6) is -1.64. The van der Waals surface area contributed by atoms with Gasteiger partial charge in [-0.05, 0) is 57.8 Å². The van der Waals surface area contributed by atoms with Gasteiger partial charge in [0, 0.05) is 6.54 Å². The fourth-order valence-corrected chi connectivity index (χ4v) is 3.46. The molecule has 156 valence electrons. The molecule has 0 aliphatic carbocycles. The predicted molar refractivity (Wildman–Crippen MR) is 113 cm³/mol. The number of nitrogens with one attached hydrogen (secondary N) is 1. The molecule has 0 bridgehead atoms. The van der Waals surface area contributed by atoms with Crippen molar-refractivity contribution in [1.82, 2.24) is 20.0 Å². The highest BCUT2D eigenvalue weighted by Crippen LogP contribution is 2.20. The van der Waals surface area contributed by atoms with Gasteiger partial charge in [0.1, 0.15) is 5.82 Å². The number of ketones is 1. The van der Waals surface area contributed by atoms with Crippen molar-refractivity contribution < 1.29 is 14.0 Å².